The lowest BCUT2D eigenvalue weighted by atomic mass is 10.2. The van der Waals surface area contributed by atoms with Crippen molar-refractivity contribution in [3.63, 3.8) is 0 Å². The highest BCUT2D eigenvalue weighted by Crippen LogP contribution is 2.18. The first-order valence-electron chi connectivity index (χ1n) is 8.26. The third-order valence-electron chi connectivity index (χ3n) is 3.67. The van der Waals surface area contributed by atoms with Gasteiger partial charge in [-0.15, -0.1) is 0 Å². The number of ether oxygens (including phenoxy) is 1. The fraction of sp³-hybridized carbons (Fsp3) is 0.278. The third kappa shape index (κ3) is 4.68. The Hall–Kier alpha value is -3.18. The van der Waals surface area contributed by atoms with Gasteiger partial charge in [0.25, 0.3) is 0 Å². The first-order valence-corrected chi connectivity index (χ1v) is 8.26. The highest BCUT2D eigenvalue weighted by Gasteiger charge is 2.15. The van der Waals surface area contributed by atoms with Gasteiger partial charge in [0, 0.05) is 18.5 Å². The van der Waals surface area contributed by atoms with Gasteiger partial charge < -0.3 is 15.5 Å². The van der Waals surface area contributed by atoms with Crippen LogP contribution in [-0.2, 0) is 0 Å². The Morgan fingerprint density at radius 1 is 1.42 bits per heavy atom. The monoisotopic (exact) mass is 354 g/mol. The molecule has 8 heteroatoms. The Labute approximate surface area is 150 Å². The number of hydrogen-bond donors (Lipinski definition) is 3. The molecule has 1 aromatic heterocycles. The zero-order valence-electron chi connectivity index (χ0n) is 14.3. The number of halogens is 1. The molecule has 0 bridgehead atoms. The number of pyridine rings is 1. The van der Waals surface area contributed by atoms with Gasteiger partial charge in [0.05, 0.1) is 12.1 Å². The zero-order valence-corrected chi connectivity index (χ0v) is 14.3. The van der Waals surface area contributed by atoms with Gasteiger partial charge in [0.1, 0.15) is 35.9 Å². The molecule has 0 saturated carbocycles. The topological polar surface area (TPSA) is 94.4 Å². The van der Waals surface area contributed by atoms with Crippen LogP contribution >= 0.6 is 0 Å². The molecule has 0 aliphatic carbocycles. The normalized spacial score (nSPS) is 17.6. The summed E-state index contributed by atoms with van der Waals surface area (Å²) in [6.45, 7) is 2.76. The molecular formula is C18H19FN6O. The molecule has 26 heavy (non-hydrogen) atoms. The number of benzene rings is 1. The second-order valence-corrected chi connectivity index (χ2v) is 5.84. The summed E-state index contributed by atoms with van der Waals surface area (Å²) < 4.78 is 18.6. The summed E-state index contributed by atoms with van der Waals surface area (Å²) in [7, 11) is 0. The van der Waals surface area contributed by atoms with Gasteiger partial charge in [0.2, 0.25) is 0 Å². The van der Waals surface area contributed by atoms with E-state index in [1.807, 2.05) is 6.92 Å². The summed E-state index contributed by atoms with van der Waals surface area (Å²) in [4.78, 5) is 8.83. The zero-order chi connectivity index (χ0) is 18.4. The lowest BCUT2D eigenvalue weighted by molar-refractivity contribution is 0.331. The van der Waals surface area contributed by atoms with E-state index in [0.717, 1.165) is 12.3 Å². The van der Waals surface area contributed by atoms with E-state index in [4.69, 9.17) is 4.74 Å². The Balaban J connectivity index is 1.61. The van der Waals surface area contributed by atoms with E-state index >= 15 is 0 Å². The molecule has 1 unspecified atom stereocenters. The predicted molar refractivity (Wildman–Crippen MR) is 96.8 cm³/mol. The lowest BCUT2D eigenvalue weighted by Crippen LogP contribution is -2.29. The molecule has 0 radical (unpaired) electrons. The largest absolute Gasteiger partial charge is 0.492 e. The highest BCUT2D eigenvalue weighted by molar-refractivity contribution is 5.86. The van der Waals surface area contributed by atoms with Crippen LogP contribution in [0.3, 0.4) is 0 Å². The molecule has 2 aromatic rings. The van der Waals surface area contributed by atoms with Gasteiger partial charge in [-0.25, -0.2) is 19.8 Å². The van der Waals surface area contributed by atoms with Crippen LogP contribution in [0.2, 0.25) is 0 Å². The van der Waals surface area contributed by atoms with E-state index in [1.54, 1.807) is 24.3 Å². The predicted octanol–water partition coefficient (Wildman–Crippen LogP) is 2.50. The van der Waals surface area contributed by atoms with Gasteiger partial charge in [0.15, 0.2) is 5.82 Å². The lowest BCUT2D eigenvalue weighted by Gasteiger charge is -2.10. The minimum Gasteiger partial charge on any atom is -0.492 e. The summed E-state index contributed by atoms with van der Waals surface area (Å²) in [5.74, 6) is 1.86. The maximum absolute atomic E-state index is 13.1. The highest BCUT2D eigenvalue weighted by atomic mass is 19.1. The molecule has 2 heterocycles. The van der Waals surface area contributed by atoms with Gasteiger partial charge in [-0.1, -0.05) is 6.07 Å². The standard InChI is InChI=1S/C18H19FN6O/c1-12-9-17(25-24-12)22-16-6-5-13(11-20)18(23-16)21-7-8-26-15-4-2-3-14(19)10-15/h2-6,10,12,24H,7-9H2,1H3,(H2,21,22,23,25). The summed E-state index contributed by atoms with van der Waals surface area (Å²) >= 11 is 0. The molecule has 1 aliphatic rings. The van der Waals surface area contributed by atoms with Gasteiger partial charge in [-0.3, -0.25) is 0 Å². The van der Waals surface area contributed by atoms with Crippen LogP contribution in [0.5, 0.6) is 5.75 Å². The van der Waals surface area contributed by atoms with Crippen molar-refractivity contribution in [2.24, 2.45) is 4.99 Å². The van der Waals surface area contributed by atoms with E-state index < -0.39 is 0 Å². The van der Waals surface area contributed by atoms with Crippen LogP contribution < -0.4 is 20.9 Å². The smallest absolute Gasteiger partial charge is 0.156 e. The number of anilines is 1. The Kier molecular flexibility index (Phi) is 5.61. The Bertz CT molecular complexity index is 848. The minimum absolute atomic E-state index is 0.303. The molecule has 0 spiro atoms. The summed E-state index contributed by atoms with van der Waals surface area (Å²) in [5, 5.41) is 12.3. The van der Waals surface area contributed by atoms with Crippen LogP contribution in [0.15, 0.2) is 41.4 Å². The van der Waals surface area contributed by atoms with Crippen LogP contribution in [-0.4, -0.2) is 30.0 Å². The second kappa shape index (κ2) is 8.27. The first-order chi connectivity index (χ1) is 12.6. The molecule has 3 rings (SSSR count). The van der Waals surface area contributed by atoms with E-state index in [1.165, 1.54) is 12.1 Å². The van der Waals surface area contributed by atoms with E-state index in [9.17, 15) is 9.65 Å². The van der Waals surface area contributed by atoms with Crippen LogP contribution in [0.1, 0.15) is 18.9 Å². The summed E-state index contributed by atoms with van der Waals surface area (Å²) in [5.41, 5.74) is 6.49. The van der Waals surface area contributed by atoms with E-state index in [-0.39, 0.29) is 5.82 Å². The average Bonchev–Trinajstić information content (AvgIpc) is 3.04. The number of amidine groups is 1. The number of nitrogens with one attached hydrogen (secondary N) is 3. The van der Waals surface area contributed by atoms with Crippen LogP contribution in [0, 0.1) is 17.1 Å². The number of aromatic nitrogens is 1. The number of hydrogen-bond acceptors (Lipinski definition) is 6. The van der Waals surface area contributed by atoms with Crippen molar-refractivity contribution < 1.29 is 9.13 Å². The fourth-order valence-electron chi connectivity index (χ4n) is 2.44. The molecule has 134 valence electrons. The molecule has 1 aromatic carbocycles. The molecule has 7 nitrogen and oxygen atoms in total. The molecular weight excluding hydrogens is 335 g/mol. The Morgan fingerprint density at radius 2 is 2.31 bits per heavy atom. The number of nitriles is 1. The second-order valence-electron chi connectivity index (χ2n) is 5.84. The molecule has 1 fully saturated rings. The number of aliphatic imine (C=N–C) groups is 1. The van der Waals surface area contributed by atoms with Crippen molar-refractivity contribution in [1.29, 1.82) is 5.26 Å². The van der Waals surface area contributed by atoms with Gasteiger partial charge >= 0.3 is 0 Å². The van der Waals surface area contributed by atoms with Crippen molar-refractivity contribution >= 4 is 17.5 Å². The maximum Gasteiger partial charge on any atom is 0.156 e. The SMILES string of the molecule is CC1CC(=Nc2ccc(C#N)c(NCCOc3cccc(F)c3)n2)NN1. The van der Waals surface area contributed by atoms with E-state index in [2.05, 4.69) is 32.2 Å². The third-order valence-corrected chi connectivity index (χ3v) is 3.67. The van der Waals surface area contributed by atoms with Gasteiger partial charge in [-0.2, -0.15) is 5.26 Å². The minimum atomic E-state index is -0.347. The molecule has 1 aliphatic heterocycles. The number of hydrazine groups is 1. The van der Waals surface area contributed by atoms with Crippen LogP contribution in [0.25, 0.3) is 0 Å². The van der Waals surface area contributed by atoms with E-state index in [0.29, 0.717) is 42.1 Å². The molecule has 3 N–H and O–H groups in total. The fourth-order valence-corrected chi connectivity index (χ4v) is 2.44. The summed E-state index contributed by atoms with van der Waals surface area (Å²) in [6, 6.07) is 11.7. The van der Waals surface area contributed by atoms with Crippen molar-refractivity contribution in [2.45, 2.75) is 19.4 Å². The number of rotatable bonds is 6. The number of nitrogens with zero attached hydrogens (tertiary/aromatic N) is 3. The molecule has 1 atom stereocenters. The van der Waals surface area contributed by atoms with Crippen molar-refractivity contribution in [3.8, 4) is 11.8 Å². The Morgan fingerprint density at radius 3 is 3.04 bits per heavy atom. The van der Waals surface area contributed by atoms with Crippen LogP contribution in [0.4, 0.5) is 16.0 Å². The summed E-state index contributed by atoms with van der Waals surface area (Å²) in [6.07, 6.45) is 0.784. The maximum atomic E-state index is 13.1. The van der Waals surface area contributed by atoms with Gasteiger partial charge in [-0.05, 0) is 31.2 Å². The molecule has 1 saturated heterocycles. The first kappa shape index (κ1) is 17.6. The average molecular weight is 354 g/mol. The van der Waals surface area contributed by atoms with Crippen molar-refractivity contribution in [1.82, 2.24) is 15.8 Å². The van der Waals surface area contributed by atoms with Crippen molar-refractivity contribution in [3.05, 3.63) is 47.8 Å². The van der Waals surface area contributed by atoms with Crippen molar-refractivity contribution in [2.75, 3.05) is 18.5 Å². The molecule has 0 amide bonds. The quantitative estimate of drug-likeness (QED) is 0.690.